The maximum atomic E-state index is 15.2. The molecule has 0 aromatic rings. The molecule has 0 radical (unpaired) electrons. The Kier molecular flexibility index (Phi) is 7.22. The average Bonchev–Trinajstić information content (AvgIpc) is 3.30. The molecule has 8 bridgehead atoms. The molecule has 13 fully saturated rings. The van der Waals surface area contributed by atoms with Crippen LogP contribution in [-0.4, -0.2) is 115 Å². The van der Waals surface area contributed by atoms with Crippen molar-refractivity contribution in [1.82, 2.24) is 0 Å². The number of aliphatic hydroxyl groups is 7. The van der Waals surface area contributed by atoms with Crippen LogP contribution in [0.2, 0.25) is 0 Å². The summed E-state index contributed by atoms with van der Waals surface area (Å²) in [5.74, 6) is -10.2. The van der Waals surface area contributed by atoms with Crippen LogP contribution in [0.25, 0.3) is 0 Å². The summed E-state index contributed by atoms with van der Waals surface area (Å²) >= 11 is 0. The zero-order valence-electron chi connectivity index (χ0n) is 33.1. The Bertz CT molecular complexity index is 1820. The highest BCUT2D eigenvalue weighted by Gasteiger charge is 2.91. The highest BCUT2D eigenvalue weighted by molar-refractivity contribution is 6.05. The van der Waals surface area contributed by atoms with Gasteiger partial charge in [-0.15, -0.1) is 0 Å². The Labute approximate surface area is 327 Å². The molecule has 0 aromatic carbocycles. The number of fused-ring (bicyclic) bond motifs is 3. The summed E-state index contributed by atoms with van der Waals surface area (Å²) in [7, 11) is 0. The summed E-state index contributed by atoms with van der Waals surface area (Å²) < 4.78 is 26.5. The van der Waals surface area contributed by atoms with Crippen LogP contribution in [0.1, 0.15) is 92.4 Å². The second kappa shape index (κ2) is 10.7. The van der Waals surface area contributed by atoms with Gasteiger partial charge in [0.1, 0.15) is 23.0 Å². The van der Waals surface area contributed by atoms with Crippen molar-refractivity contribution in [3.8, 4) is 0 Å². The lowest BCUT2D eigenvalue weighted by molar-refractivity contribution is -0.546. The van der Waals surface area contributed by atoms with E-state index in [0.717, 1.165) is 0 Å². The van der Waals surface area contributed by atoms with E-state index in [2.05, 4.69) is 20.4 Å². The Morgan fingerprint density at radius 2 is 1.43 bits per heavy atom. The van der Waals surface area contributed by atoms with Crippen LogP contribution in [0, 0.1) is 79.8 Å². The van der Waals surface area contributed by atoms with E-state index in [-0.39, 0.29) is 24.4 Å². The fraction of sp³-hybridized carbons (Fsp3) is 0.907. The smallest absolute Gasteiger partial charge is 0.211 e. The third-order valence-corrected chi connectivity index (χ3v) is 19.6. The molecule has 5 heterocycles. The van der Waals surface area contributed by atoms with E-state index in [4.69, 9.17) is 18.9 Å². The fourth-order valence-corrected chi connectivity index (χ4v) is 17.7. The molecule has 8 saturated carbocycles. The molecule has 13 heteroatoms. The minimum atomic E-state index is -2.45. The normalized spacial score (nSPS) is 62.4. The highest BCUT2D eigenvalue weighted by atomic mass is 16.8. The number of rotatable bonds is 3. The molecule has 56 heavy (non-hydrogen) atoms. The lowest BCUT2D eigenvalue weighted by Gasteiger charge is -2.77. The van der Waals surface area contributed by atoms with Crippen LogP contribution in [-0.2, 0) is 28.5 Å². The maximum absolute atomic E-state index is 15.2. The number of carbonyl (C=O) groups excluding carboxylic acids is 2. The summed E-state index contributed by atoms with van der Waals surface area (Å²) in [5, 5.41) is 85.5. The molecular formula is C43H60O13. The fourth-order valence-electron chi connectivity index (χ4n) is 17.7. The summed E-state index contributed by atoms with van der Waals surface area (Å²) in [6, 6.07) is 0. The Hall–Kier alpha value is -1.36. The molecule has 7 N–H and O–H groups in total. The van der Waals surface area contributed by atoms with Gasteiger partial charge in [-0.2, -0.15) is 0 Å². The van der Waals surface area contributed by atoms with Gasteiger partial charge in [0.05, 0.1) is 36.4 Å². The van der Waals surface area contributed by atoms with Crippen molar-refractivity contribution in [2.75, 3.05) is 6.61 Å². The van der Waals surface area contributed by atoms with Gasteiger partial charge in [-0.25, -0.2) is 0 Å². The third kappa shape index (κ3) is 3.49. The van der Waals surface area contributed by atoms with Crippen molar-refractivity contribution in [2.24, 2.45) is 79.8 Å². The highest BCUT2D eigenvalue weighted by Crippen LogP contribution is 2.80. The predicted octanol–water partition coefficient (Wildman–Crippen LogP) is 1.56. The van der Waals surface area contributed by atoms with E-state index >= 15 is 4.79 Å². The Morgan fingerprint density at radius 1 is 0.768 bits per heavy atom. The van der Waals surface area contributed by atoms with Gasteiger partial charge >= 0.3 is 0 Å². The van der Waals surface area contributed by atoms with Gasteiger partial charge in [0, 0.05) is 35.0 Å². The number of carbonyl (C=O) groups is 2. The zero-order chi connectivity index (χ0) is 39.9. The quantitative estimate of drug-likeness (QED) is 0.203. The Balaban J connectivity index is 0.939. The van der Waals surface area contributed by atoms with Crippen molar-refractivity contribution in [2.45, 2.75) is 153 Å². The number of ketones is 2. The summed E-state index contributed by atoms with van der Waals surface area (Å²) in [5.41, 5.74) is -6.44. The standard InChI is InChI=1S/C43H60O13/c1-17(15-21-20-8-9-22-38-16-53-42(51,40(22,30(20)47)31(21)48)32(49)26(38)36(3,4)13-11-24(38)44)34-54-25-12-14-37(5,6)27-33(50)43(52)41-23(39(25,27)35(55-34)56-43)10-7-19(29(41)46)18(2)28(41)45/h17,19-27,29-30,32-35,44,46-47,49-52H,2,7-16H2,1,3-6H3. The van der Waals surface area contributed by atoms with Gasteiger partial charge in [0.15, 0.2) is 24.1 Å². The maximum Gasteiger partial charge on any atom is 0.211 e. The first-order chi connectivity index (χ1) is 26.2. The van der Waals surface area contributed by atoms with Gasteiger partial charge in [0.2, 0.25) is 11.6 Å². The Morgan fingerprint density at radius 3 is 2.16 bits per heavy atom. The molecule has 5 aliphatic heterocycles. The number of hydrogen-bond acceptors (Lipinski definition) is 13. The average molecular weight is 785 g/mol. The zero-order valence-corrected chi connectivity index (χ0v) is 33.1. The van der Waals surface area contributed by atoms with E-state index in [9.17, 15) is 40.5 Å². The lowest BCUT2D eigenvalue weighted by atomic mass is 9.35. The molecule has 13 aliphatic rings. The van der Waals surface area contributed by atoms with Crippen molar-refractivity contribution < 1.29 is 64.3 Å². The molecule has 0 amide bonds. The summed E-state index contributed by atoms with van der Waals surface area (Å²) in [6.45, 7) is 14.1. The molecule has 8 aliphatic carbocycles. The number of aliphatic hydroxyl groups excluding tert-OH is 5. The minimum absolute atomic E-state index is 0.000769. The van der Waals surface area contributed by atoms with Crippen LogP contribution in [0.15, 0.2) is 12.2 Å². The van der Waals surface area contributed by atoms with Crippen LogP contribution >= 0.6 is 0 Å². The van der Waals surface area contributed by atoms with Crippen LogP contribution in [0.3, 0.4) is 0 Å². The van der Waals surface area contributed by atoms with Crippen LogP contribution in [0.4, 0.5) is 0 Å². The van der Waals surface area contributed by atoms with E-state index in [1.54, 1.807) is 0 Å². The van der Waals surface area contributed by atoms with Crippen LogP contribution < -0.4 is 0 Å². The van der Waals surface area contributed by atoms with E-state index in [1.165, 1.54) is 0 Å². The van der Waals surface area contributed by atoms with Crippen molar-refractivity contribution in [1.29, 1.82) is 0 Å². The second-order valence-electron chi connectivity index (χ2n) is 22.0. The van der Waals surface area contributed by atoms with Gasteiger partial charge in [-0.05, 0) is 91.9 Å². The predicted molar refractivity (Wildman–Crippen MR) is 192 cm³/mol. The number of Topliss-reactive ketones (excluding diaryl/α,β-unsaturated/α-hetero) is 2. The molecule has 13 rings (SSSR count). The summed E-state index contributed by atoms with van der Waals surface area (Å²) in [4.78, 5) is 29.5. The van der Waals surface area contributed by atoms with Crippen molar-refractivity contribution in [3.63, 3.8) is 0 Å². The largest absolute Gasteiger partial charge is 0.392 e. The first-order valence-electron chi connectivity index (χ1n) is 21.4. The molecule has 0 aromatic heterocycles. The van der Waals surface area contributed by atoms with E-state index in [0.29, 0.717) is 51.4 Å². The molecule has 22 atom stereocenters. The topological polar surface area (TPSA) is 213 Å². The monoisotopic (exact) mass is 784 g/mol. The first kappa shape index (κ1) is 37.6. The van der Waals surface area contributed by atoms with E-state index in [1.807, 2.05) is 20.8 Å². The van der Waals surface area contributed by atoms with Gasteiger partial charge in [-0.1, -0.05) is 41.2 Å². The minimum Gasteiger partial charge on any atom is -0.392 e. The molecule has 310 valence electrons. The lowest BCUT2D eigenvalue weighted by Crippen LogP contribution is -2.89. The van der Waals surface area contributed by atoms with Crippen molar-refractivity contribution >= 4 is 11.6 Å². The van der Waals surface area contributed by atoms with Crippen molar-refractivity contribution in [3.05, 3.63) is 12.2 Å². The second-order valence-corrected chi connectivity index (χ2v) is 22.0. The molecular weight excluding hydrogens is 724 g/mol. The molecule has 22 unspecified atom stereocenters. The molecule has 13 nitrogen and oxygen atoms in total. The molecule has 4 spiro atoms. The van der Waals surface area contributed by atoms with Gasteiger partial charge in [-0.3, -0.25) is 9.59 Å². The number of hydrogen-bond donors (Lipinski definition) is 7. The summed E-state index contributed by atoms with van der Waals surface area (Å²) in [6.07, 6.45) is -4.53. The van der Waals surface area contributed by atoms with Gasteiger partial charge in [0.25, 0.3) is 0 Å². The molecule has 5 saturated heterocycles. The number of ether oxygens (including phenoxy) is 4. The first-order valence-corrected chi connectivity index (χ1v) is 21.4. The SMILES string of the molecule is C=C1C(=O)C23C(O)C1CCC2C12C4CCC(C)(C)C1C(O)C3(O)OC2OC(C(C)CC1C(=O)C23C(O)C1CCC2C12COC3(O)C(O)C1C(C)(C)CCC2O)O4. The van der Waals surface area contributed by atoms with Gasteiger partial charge < -0.3 is 54.7 Å². The third-order valence-electron chi connectivity index (χ3n) is 19.6. The van der Waals surface area contributed by atoms with E-state index < -0.39 is 146 Å². The van der Waals surface area contributed by atoms with Crippen LogP contribution in [0.5, 0.6) is 0 Å².